The fourth-order valence-corrected chi connectivity index (χ4v) is 1.75. The maximum Gasteiger partial charge on any atom is 0.322 e. The van der Waals surface area contributed by atoms with E-state index in [4.69, 9.17) is 5.11 Å². The number of esters is 1. The summed E-state index contributed by atoms with van der Waals surface area (Å²) in [6, 6.07) is 0. The van der Waals surface area contributed by atoms with Gasteiger partial charge in [-0.25, -0.2) is 13.1 Å². The molecule has 0 aliphatic carbocycles. The molecule has 0 aromatic heterocycles. The van der Waals surface area contributed by atoms with Gasteiger partial charge in [0.2, 0.25) is 10.0 Å². The first-order valence-corrected chi connectivity index (χ1v) is 6.29. The molecule has 0 aliphatic rings. The van der Waals surface area contributed by atoms with Crippen molar-refractivity contribution in [3.8, 4) is 0 Å². The van der Waals surface area contributed by atoms with Crippen LogP contribution in [0, 0.1) is 5.92 Å². The van der Waals surface area contributed by atoms with Crippen molar-refractivity contribution in [1.29, 1.82) is 0 Å². The Morgan fingerprint density at radius 2 is 2.00 bits per heavy atom. The SMILES string of the molecule is CCOC(=O)CS(=O)(=O)NCC(C)C(=O)O. The second-order valence-corrected chi connectivity index (χ2v) is 4.96. The highest BCUT2D eigenvalue weighted by molar-refractivity contribution is 7.90. The van der Waals surface area contributed by atoms with Crippen molar-refractivity contribution in [2.45, 2.75) is 13.8 Å². The van der Waals surface area contributed by atoms with Gasteiger partial charge in [-0.2, -0.15) is 0 Å². The Hall–Kier alpha value is -1.15. The predicted molar refractivity (Wildman–Crippen MR) is 55.2 cm³/mol. The molecule has 0 radical (unpaired) electrons. The third-order valence-electron chi connectivity index (χ3n) is 1.64. The summed E-state index contributed by atoms with van der Waals surface area (Å²) in [4.78, 5) is 21.3. The van der Waals surface area contributed by atoms with Crippen LogP contribution in [0.3, 0.4) is 0 Å². The molecule has 0 aliphatic heterocycles. The quantitative estimate of drug-likeness (QED) is 0.574. The smallest absolute Gasteiger partial charge is 0.322 e. The molecule has 0 saturated carbocycles. The summed E-state index contributed by atoms with van der Waals surface area (Å²) in [5.41, 5.74) is 0. The Morgan fingerprint density at radius 3 is 2.44 bits per heavy atom. The second-order valence-electron chi connectivity index (χ2n) is 3.15. The van der Waals surface area contributed by atoms with Gasteiger partial charge in [-0.05, 0) is 6.92 Å². The van der Waals surface area contributed by atoms with Gasteiger partial charge in [0, 0.05) is 6.54 Å². The van der Waals surface area contributed by atoms with Crippen LogP contribution in [0.25, 0.3) is 0 Å². The Bertz CT molecular complexity index is 350. The van der Waals surface area contributed by atoms with Crippen molar-refractivity contribution in [1.82, 2.24) is 4.72 Å². The average Bonchev–Trinajstić information content (AvgIpc) is 2.13. The van der Waals surface area contributed by atoms with Crippen molar-refractivity contribution >= 4 is 22.0 Å². The molecular formula is C8H15NO6S. The number of ether oxygens (including phenoxy) is 1. The van der Waals surface area contributed by atoms with E-state index in [2.05, 4.69) is 4.74 Å². The van der Waals surface area contributed by atoms with Gasteiger partial charge in [0.05, 0.1) is 12.5 Å². The minimum absolute atomic E-state index is 0.0971. The Kier molecular flexibility index (Phi) is 5.97. The van der Waals surface area contributed by atoms with E-state index >= 15 is 0 Å². The molecule has 0 bridgehead atoms. The summed E-state index contributed by atoms with van der Waals surface area (Å²) in [5.74, 6) is -3.62. The zero-order valence-corrected chi connectivity index (χ0v) is 9.91. The molecule has 1 unspecified atom stereocenters. The Balaban J connectivity index is 4.16. The third kappa shape index (κ3) is 6.36. The van der Waals surface area contributed by atoms with Crippen molar-refractivity contribution in [3.05, 3.63) is 0 Å². The monoisotopic (exact) mass is 253 g/mol. The van der Waals surface area contributed by atoms with Crippen molar-refractivity contribution in [2.24, 2.45) is 5.92 Å². The molecule has 16 heavy (non-hydrogen) atoms. The first-order valence-electron chi connectivity index (χ1n) is 4.64. The van der Waals surface area contributed by atoms with E-state index in [1.807, 2.05) is 4.72 Å². The summed E-state index contributed by atoms with van der Waals surface area (Å²) in [6.45, 7) is 2.76. The van der Waals surface area contributed by atoms with Crippen molar-refractivity contribution in [3.63, 3.8) is 0 Å². The highest BCUT2D eigenvalue weighted by Crippen LogP contribution is 1.95. The number of aliphatic carboxylic acids is 1. The van der Waals surface area contributed by atoms with E-state index in [-0.39, 0.29) is 13.2 Å². The van der Waals surface area contributed by atoms with Crippen LogP contribution in [-0.2, 0) is 24.3 Å². The standard InChI is InChI=1S/C8H15NO6S/c1-3-15-7(10)5-16(13,14)9-4-6(2)8(11)12/h6,9H,3-5H2,1-2H3,(H,11,12). The molecule has 0 saturated heterocycles. The van der Waals surface area contributed by atoms with Gasteiger partial charge in [0.25, 0.3) is 0 Å². The average molecular weight is 253 g/mol. The molecule has 7 nitrogen and oxygen atoms in total. The van der Waals surface area contributed by atoms with Crippen molar-refractivity contribution < 1.29 is 27.9 Å². The summed E-state index contributed by atoms with van der Waals surface area (Å²) in [7, 11) is -3.82. The first kappa shape index (κ1) is 14.8. The van der Waals surface area contributed by atoms with Gasteiger partial charge in [0.15, 0.2) is 5.75 Å². The summed E-state index contributed by atoms with van der Waals surface area (Å²) in [6.07, 6.45) is 0. The van der Waals surface area contributed by atoms with Crippen LogP contribution >= 0.6 is 0 Å². The summed E-state index contributed by atoms with van der Waals surface area (Å²) in [5, 5.41) is 8.52. The maximum absolute atomic E-state index is 11.2. The minimum Gasteiger partial charge on any atom is -0.481 e. The number of carbonyl (C=O) groups is 2. The Morgan fingerprint density at radius 1 is 1.44 bits per heavy atom. The molecule has 0 aromatic carbocycles. The van der Waals surface area contributed by atoms with E-state index in [9.17, 15) is 18.0 Å². The van der Waals surface area contributed by atoms with Gasteiger partial charge in [-0.15, -0.1) is 0 Å². The molecule has 2 N–H and O–H groups in total. The summed E-state index contributed by atoms with van der Waals surface area (Å²) >= 11 is 0. The lowest BCUT2D eigenvalue weighted by Crippen LogP contribution is -2.35. The molecule has 0 rings (SSSR count). The van der Waals surface area contributed by atoms with Crippen LogP contribution < -0.4 is 4.72 Å². The molecular weight excluding hydrogens is 238 g/mol. The third-order valence-corrected chi connectivity index (χ3v) is 2.87. The molecule has 1 atom stereocenters. The van der Waals surface area contributed by atoms with Gasteiger partial charge in [0.1, 0.15) is 0 Å². The molecule has 94 valence electrons. The van der Waals surface area contributed by atoms with Crippen LogP contribution in [0.4, 0.5) is 0 Å². The van der Waals surface area contributed by atoms with Crippen LogP contribution in [-0.4, -0.2) is 44.4 Å². The van der Waals surface area contributed by atoms with Gasteiger partial charge >= 0.3 is 11.9 Å². The Labute approximate surface area is 93.8 Å². The molecule has 0 fully saturated rings. The molecule has 0 amide bonds. The highest BCUT2D eigenvalue weighted by Gasteiger charge is 2.19. The van der Waals surface area contributed by atoms with Crippen LogP contribution in [0.1, 0.15) is 13.8 Å². The largest absolute Gasteiger partial charge is 0.481 e. The summed E-state index contributed by atoms with van der Waals surface area (Å²) < 4.78 is 29.0. The normalized spacial score (nSPS) is 13.1. The van der Waals surface area contributed by atoms with E-state index in [0.717, 1.165) is 0 Å². The van der Waals surface area contributed by atoms with Gasteiger partial charge in [-0.3, -0.25) is 9.59 Å². The fourth-order valence-electron chi connectivity index (χ4n) is 0.748. The van der Waals surface area contributed by atoms with Crippen LogP contribution in [0.2, 0.25) is 0 Å². The number of carbonyl (C=O) groups excluding carboxylic acids is 1. The topological polar surface area (TPSA) is 110 Å². The van der Waals surface area contributed by atoms with Crippen LogP contribution in [0.15, 0.2) is 0 Å². The molecule has 8 heteroatoms. The lowest BCUT2D eigenvalue weighted by atomic mass is 10.2. The number of hydrogen-bond donors (Lipinski definition) is 2. The van der Waals surface area contributed by atoms with E-state index < -0.39 is 33.6 Å². The fraction of sp³-hybridized carbons (Fsp3) is 0.750. The number of carboxylic acids is 1. The highest BCUT2D eigenvalue weighted by atomic mass is 32.2. The lowest BCUT2D eigenvalue weighted by Gasteiger charge is -2.08. The minimum atomic E-state index is -3.82. The van der Waals surface area contributed by atoms with Gasteiger partial charge in [-0.1, -0.05) is 6.92 Å². The predicted octanol–water partition coefficient (Wildman–Crippen LogP) is -0.810. The first-order chi connectivity index (χ1) is 7.28. The molecule has 0 heterocycles. The zero-order chi connectivity index (χ0) is 12.8. The number of nitrogens with one attached hydrogen (secondary N) is 1. The van der Waals surface area contributed by atoms with Crippen molar-refractivity contribution in [2.75, 3.05) is 18.9 Å². The maximum atomic E-state index is 11.2. The van der Waals surface area contributed by atoms with E-state index in [0.29, 0.717) is 0 Å². The van der Waals surface area contributed by atoms with E-state index in [1.54, 1.807) is 6.92 Å². The number of carboxylic acid groups (broad SMARTS) is 1. The van der Waals surface area contributed by atoms with E-state index in [1.165, 1.54) is 6.92 Å². The lowest BCUT2D eigenvalue weighted by molar-refractivity contribution is -0.141. The number of sulfonamides is 1. The molecule has 0 spiro atoms. The van der Waals surface area contributed by atoms with Gasteiger partial charge < -0.3 is 9.84 Å². The second kappa shape index (κ2) is 6.44. The zero-order valence-electron chi connectivity index (χ0n) is 9.10. The molecule has 0 aromatic rings. The van der Waals surface area contributed by atoms with Crippen LogP contribution in [0.5, 0.6) is 0 Å². The number of hydrogen-bond acceptors (Lipinski definition) is 5. The number of rotatable bonds is 7.